The first-order chi connectivity index (χ1) is 7.63. The van der Waals surface area contributed by atoms with Crippen LogP contribution in [0.3, 0.4) is 0 Å². The van der Waals surface area contributed by atoms with Gasteiger partial charge in [0, 0.05) is 0 Å². The number of hydrogen-bond acceptors (Lipinski definition) is 1. The minimum atomic E-state index is -0.120. The van der Waals surface area contributed by atoms with Crippen molar-refractivity contribution < 1.29 is 4.39 Å². The second-order valence-electron chi connectivity index (χ2n) is 5.13. The van der Waals surface area contributed by atoms with Crippen molar-refractivity contribution in [3.05, 3.63) is 35.1 Å². The summed E-state index contributed by atoms with van der Waals surface area (Å²) < 4.78 is 13.3. The largest absolute Gasteiger partial charge is 0.330 e. The predicted molar refractivity (Wildman–Crippen MR) is 65.0 cm³/mol. The van der Waals surface area contributed by atoms with Gasteiger partial charge < -0.3 is 5.73 Å². The first kappa shape index (κ1) is 11.6. The summed E-state index contributed by atoms with van der Waals surface area (Å²) in [5.41, 5.74) is 8.17. The molecule has 1 nitrogen and oxygen atoms in total. The van der Waals surface area contributed by atoms with Gasteiger partial charge in [0.2, 0.25) is 0 Å². The molecule has 1 aliphatic carbocycles. The Morgan fingerprint density at radius 1 is 1.38 bits per heavy atom. The van der Waals surface area contributed by atoms with Crippen molar-refractivity contribution in [1.29, 1.82) is 0 Å². The van der Waals surface area contributed by atoms with Crippen molar-refractivity contribution >= 4 is 0 Å². The van der Waals surface area contributed by atoms with Crippen LogP contribution < -0.4 is 5.73 Å². The molecular formula is C14H20FN. The number of fused-ring (bicyclic) bond motifs is 1. The molecule has 0 radical (unpaired) electrons. The summed E-state index contributed by atoms with van der Waals surface area (Å²) in [6.45, 7) is 5.16. The Bertz CT molecular complexity index is 373. The summed E-state index contributed by atoms with van der Waals surface area (Å²) in [6.07, 6.45) is 2.10. The van der Waals surface area contributed by atoms with E-state index < -0.39 is 0 Å². The molecule has 2 N–H and O–H groups in total. The molecule has 0 bridgehead atoms. The average Bonchev–Trinajstić information content (AvgIpc) is 2.58. The molecule has 2 atom stereocenters. The van der Waals surface area contributed by atoms with Crippen LogP contribution in [0.1, 0.15) is 49.7 Å². The quantitative estimate of drug-likeness (QED) is 0.831. The van der Waals surface area contributed by atoms with Gasteiger partial charge in [-0.3, -0.25) is 0 Å². The summed E-state index contributed by atoms with van der Waals surface area (Å²) in [5, 5.41) is 0. The lowest BCUT2D eigenvalue weighted by atomic mass is 9.89. The van der Waals surface area contributed by atoms with E-state index in [0.29, 0.717) is 24.3 Å². The Hall–Kier alpha value is -0.890. The number of hydrogen-bond donors (Lipinski definition) is 1. The maximum Gasteiger partial charge on any atom is 0.123 e. The molecule has 0 saturated heterocycles. The number of rotatable bonds is 3. The third-order valence-electron chi connectivity index (χ3n) is 3.75. The summed E-state index contributed by atoms with van der Waals surface area (Å²) in [5.74, 6) is 1.53. The van der Waals surface area contributed by atoms with Crippen LogP contribution in [0.25, 0.3) is 0 Å². The molecule has 1 aromatic carbocycles. The van der Waals surface area contributed by atoms with Crippen LogP contribution in [0.4, 0.5) is 4.39 Å². The van der Waals surface area contributed by atoms with Gasteiger partial charge in [0.05, 0.1) is 0 Å². The highest BCUT2D eigenvalue weighted by Gasteiger charge is 2.32. The summed E-state index contributed by atoms with van der Waals surface area (Å²) in [6, 6.07) is 5.25. The molecule has 0 heterocycles. The van der Waals surface area contributed by atoms with Crippen LogP contribution in [0.5, 0.6) is 0 Å². The number of benzene rings is 1. The van der Waals surface area contributed by atoms with E-state index in [0.717, 1.165) is 12.8 Å². The first-order valence-electron chi connectivity index (χ1n) is 6.13. The lowest BCUT2D eigenvalue weighted by Gasteiger charge is -2.15. The zero-order chi connectivity index (χ0) is 11.7. The molecular weight excluding hydrogens is 201 g/mol. The SMILES string of the molecule is CC(C)C1CC(CCN)c2cc(F)ccc21. The molecule has 0 saturated carbocycles. The Balaban J connectivity index is 2.36. The highest BCUT2D eigenvalue weighted by molar-refractivity contribution is 5.39. The highest BCUT2D eigenvalue weighted by Crippen LogP contribution is 2.46. The molecule has 16 heavy (non-hydrogen) atoms. The van der Waals surface area contributed by atoms with E-state index in [2.05, 4.69) is 13.8 Å². The monoisotopic (exact) mass is 221 g/mol. The standard InChI is InChI=1S/C14H20FN/c1-9(2)13-7-10(5-6-16)14-8-11(15)3-4-12(13)14/h3-4,8-10,13H,5-7,16H2,1-2H3. The lowest BCUT2D eigenvalue weighted by Crippen LogP contribution is -2.06. The molecule has 0 amide bonds. The Morgan fingerprint density at radius 3 is 2.75 bits per heavy atom. The molecule has 1 aliphatic rings. The van der Waals surface area contributed by atoms with Crippen molar-refractivity contribution in [3.8, 4) is 0 Å². The van der Waals surface area contributed by atoms with Gasteiger partial charge >= 0.3 is 0 Å². The van der Waals surface area contributed by atoms with Crippen molar-refractivity contribution in [2.75, 3.05) is 6.54 Å². The highest BCUT2D eigenvalue weighted by atomic mass is 19.1. The summed E-state index contributed by atoms with van der Waals surface area (Å²) in [4.78, 5) is 0. The van der Waals surface area contributed by atoms with Crippen LogP contribution in [-0.2, 0) is 0 Å². The normalized spacial score (nSPS) is 23.8. The second-order valence-corrected chi connectivity index (χ2v) is 5.13. The fourth-order valence-corrected chi connectivity index (χ4v) is 2.90. The van der Waals surface area contributed by atoms with Gasteiger partial charge in [0.15, 0.2) is 0 Å². The zero-order valence-corrected chi connectivity index (χ0v) is 10.0. The van der Waals surface area contributed by atoms with Crippen LogP contribution >= 0.6 is 0 Å². The van der Waals surface area contributed by atoms with Gasteiger partial charge in [-0.25, -0.2) is 4.39 Å². The van der Waals surface area contributed by atoms with Crippen molar-refractivity contribution in [1.82, 2.24) is 0 Å². The van der Waals surface area contributed by atoms with Crippen LogP contribution in [-0.4, -0.2) is 6.54 Å². The smallest absolute Gasteiger partial charge is 0.123 e. The first-order valence-corrected chi connectivity index (χ1v) is 6.13. The maximum atomic E-state index is 13.3. The fourth-order valence-electron chi connectivity index (χ4n) is 2.90. The number of nitrogens with two attached hydrogens (primary N) is 1. The Kier molecular flexibility index (Phi) is 3.29. The molecule has 88 valence electrons. The molecule has 0 fully saturated rings. The van der Waals surface area contributed by atoms with Crippen LogP contribution in [0.15, 0.2) is 18.2 Å². The number of halogens is 1. The molecule has 2 unspecified atom stereocenters. The Morgan fingerprint density at radius 2 is 2.12 bits per heavy atom. The van der Waals surface area contributed by atoms with E-state index in [1.54, 1.807) is 12.1 Å². The minimum Gasteiger partial charge on any atom is -0.330 e. The van der Waals surface area contributed by atoms with E-state index >= 15 is 0 Å². The molecule has 0 spiro atoms. The molecule has 0 aromatic heterocycles. The molecule has 1 aromatic rings. The van der Waals surface area contributed by atoms with Gasteiger partial charge in [0.1, 0.15) is 5.82 Å². The van der Waals surface area contributed by atoms with E-state index in [1.807, 2.05) is 6.07 Å². The van der Waals surface area contributed by atoms with E-state index in [9.17, 15) is 4.39 Å². The van der Waals surface area contributed by atoms with Crippen molar-refractivity contribution in [2.24, 2.45) is 11.7 Å². The van der Waals surface area contributed by atoms with Crippen LogP contribution in [0, 0.1) is 11.7 Å². The third-order valence-corrected chi connectivity index (χ3v) is 3.75. The average molecular weight is 221 g/mol. The van der Waals surface area contributed by atoms with E-state index in [-0.39, 0.29) is 5.82 Å². The van der Waals surface area contributed by atoms with Crippen molar-refractivity contribution in [3.63, 3.8) is 0 Å². The molecule has 2 rings (SSSR count). The van der Waals surface area contributed by atoms with E-state index in [1.165, 1.54) is 11.1 Å². The second kappa shape index (κ2) is 4.54. The van der Waals surface area contributed by atoms with Gasteiger partial charge in [0.25, 0.3) is 0 Å². The minimum absolute atomic E-state index is 0.120. The molecule has 2 heteroatoms. The van der Waals surface area contributed by atoms with Gasteiger partial charge in [-0.05, 0) is 60.4 Å². The molecule has 0 aliphatic heterocycles. The van der Waals surface area contributed by atoms with Gasteiger partial charge in [-0.2, -0.15) is 0 Å². The zero-order valence-electron chi connectivity index (χ0n) is 10.0. The van der Waals surface area contributed by atoms with Gasteiger partial charge in [-0.15, -0.1) is 0 Å². The topological polar surface area (TPSA) is 26.0 Å². The summed E-state index contributed by atoms with van der Waals surface area (Å²) >= 11 is 0. The third kappa shape index (κ3) is 1.99. The van der Waals surface area contributed by atoms with E-state index in [4.69, 9.17) is 5.73 Å². The maximum absolute atomic E-state index is 13.3. The fraction of sp³-hybridized carbons (Fsp3) is 0.571. The Labute approximate surface area is 96.9 Å². The van der Waals surface area contributed by atoms with Crippen molar-refractivity contribution in [2.45, 2.75) is 38.5 Å². The lowest BCUT2D eigenvalue weighted by molar-refractivity contribution is 0.457. The predicted octanol–water partition coefficient (Wildman–Crippen LogP) is 3.40. The van der Waals surface area contributed by atoms with Crippen LogP contribution in [0.2, 0.25) is 0 Å². The van der Waals surface area contributed by atoms with Gasteiger partial charge in [-0.1, -0.05) is 19.9 Å². The summed E-state index contributed by atoms with van der Waals surface area (Å²) in [7, 11) is 0.